The molecule has 0 amide bonds. The van der Waals surface area contributed by atoms with Crippen LogP contribution in [0, 0.1) is 11.8 Å². The van der Waals surface area contributed by atoms with Crippen LogP contribution in [0.3, 0.4) is 0 Å². The number of ether oxygens (including phenoxy) is 1. The first-order valence-corrected chi connectivity index (χ1v) is 10.4. The Bertz CT molecular complexity index is 550. The molecule has 0 aromatic carbocycles. The Labute approximate surface area is 181 Å². The molecule has 2 heterocycles. The molecule has 1 aliphatic heterocycles. The third-order valence-corrected chi connectivity index (χ3v) is 5.77. The van der Waals surface area contributed by atoms with Gasteiger partial charge in [0.1, 0.15) is 5.76 Å². The zero-order valence-corrected chi connectivity index (χ0v) is 19.2. The quantitative estimate of drug-likeness (QED) is 0.352. The maximum atomic E-state index is 5.64. The number of nitrogens with one attached hydrogen (secondary N) is 1. The zero-order valence-electron chi connectivity index (χ0n) is 16.9. The molecular weight excluding hydrogens is 453 g/mol. The van der Waals surface area contributed by atoms with Gasteiger partial charge in [-0.15, -0.1) is 24.0 Å². The van der Waals surface area contributed by atoms with Crippen molar-refractivity contribution in [2.75, 3.05) is 32.8 Å². The van der Waals surface area contributed by atoms with Gasteiger partial charge in [0.05, 0.1) is 12.9 Å². The molecule has 5 nitrogen and oxygen atoms in total. The summed E-state index contributed by atoms with van der Waals surface area (Å²) in [6.45, 7) is 9.01. The van der Waals surface area contributed by atoms with Crippen molar-refractivity contribution >= 4 is 29.9 Å². The molecule has 3 rings (SSSR count). The number of hydrogen-bond donors (Lipinski definition) is 1. The molecule has 1 N–H and O–H groups in total. The molecule has 0 bridgehead atoms. The van der Waals surface area contributed by atoms with Gasteiger partial charge in [0.15, 0.2) is 5.96 Å². The Morgan fingerprint density at radius 2 is 2.19 bits per heavy atom. The second-order valence-electron chi connectivity index (χ2n) is 7.81. The number of likely N-dealkylation sites (tertiary alicyclic amines) is 1. The lowest BCUT2D eigenvalue weighted by molar-refractivity contribution is 0.114. The van der Waals surface area contributed by atoms with E-state index >= 15 is 0 Å². The van der Waals surface area contributed by atoms with E-state index in [0.29, 0.717) is 12.0 Å². The van der Waals surface area contributed by atoms with Crippen LogP contribution in [0.1, 0.15) is 51.7 Å². The highest BCUT2D eigenvalue weighted by atomic mass is 127. The third kappa shape index (κ3) is 6.97. The van der Waals surface area contributed by atoms with Crippen molar-refractivity contribution in [2.24, 2.45) is 16.8 Å². The molecule has 1 saturated heterocycles. The first-order chi connectivity index (χ1) is 12.8. The summed E-state index contributed by atoms with van der Waals surface area (Å²) in [6.07, 6.45) is 9.06. The maximum absolute atomic E-state index is 5.64. The van der Waals surface area contributed by atoms with Crippen LogP contribution < -0.4 is 5.32 Å². The van der Waals surface area contributed by atoms with Gasteiger partial charge in [-0.25, -0.2) is 0 Å². The molecule has 1 saturated carbocycles. The molecular formula is C21H36IN3O2. The number of furan rings is 1. The van der Waals surface area contributed by atoms with Gasteiger partial charge in [0.2, 0.25) is 0 Å². The van der Waals surface area contributed by atoms with E-state index in [-0.39, 0.29) is 24.0 Å². The van der Waals surface area contributed by atoms with Crippen LogP contribution in [0.5, 0.6) is 0 Å². The highest BCUT2D eigenvalue weighted by molar-refractivity contribution is 14.0. The highest BCUT2D eigenvalue weighted by Crippen LogP contribution is 2.25. The van der Waals surface area contributed by atoms with E-state index in [1.807, 2.05) is 12.1 Å². The van der Waals surface area contributed by atoms with Crippen molar-refractivity contribution in [3.63, 3.8) is 0 Å². The summed E-state index contributed by atoms with van der Waals surface area (Å²) in [4.78, 5) is 7.39. The molecule has 0 spiro atoms. The molecule has 1 aromatic heterocycles. The molecule has 1 aromatic rings. The summed E-state index contributed by atoms with van der Waals surface area (Å²) in [7, 11) is 0. The van der Waals surface area contributed by atoms with Crippen molar-refractivity contribution in [3.8, 4) is 0 Å². The largest absolute Gasteiger partial charge is 0.469 e. The highest BCUT2D eigenvalue weighted by Gasteiger charge is 2.28. The molecule has 3 atom stereocenters. The second-order valence-corrected chi connectivity index (χ2v) is 7.81. The van der Waals surface area contributed by atoms with Gasteiger partial charge < -0.3 is 19.4 Å². The van der Waals surface area contributed by atoms with E-state index in [1.165, 1.54) is 32.1 Å². The van der Waals surface area contributed by atoms with Crippen molar-refractivity contribution < 1.29 is 9.15 Å². The van der Waals surface area contributed by atoms with Gasteiger partial charge in [0.25, 0.3) is 0 Å². The Morgan fingerprint density at radius 3 is 2.93 bits per heavy atom. The van der Waals surface area contributed by atoms with Crippen molar-refractivity contribution in [2.45, 2.75) is 58.4 Å². The van der Waals surface area contributed by atoms with Crippen LogP contribution in [-0.4, -0.2) is 49.7 Å². The van der Waals surface area contributed by atoms with Crippen LogP contribution in [0.4, 0.5) is 0 Å². The number of halogens is 1. The van der Waals surface area contributed by atoms with Gasteiger partial charge in [-0.3, -0.25) is 4.99 Å². The second kappa shape index (κ2) is 11.9. The van der Waals surface area contributed by atoms with E-state index in [9.17, 15) is 0 Å². The number of aliphatic imine (C=N–C) groups is 1. The van der Waals surface area contributed by atoms with Gasteiger partial charge in [0, 0.05) is 44.6 Å². The average molecular weight is 489 g/mol. The summed E-state index contributed by atoms with van der Waals surface area (Å²) in [6, 6.07) is 4.53. The zero-order chi connectivity index (χ0) is 18.2. The van der Waals surface area contributed by atoms with E-state index in [2.05, 4.69) is 24.1 Å². The van der Waals surface area contributed by atoms with Crippen LogP contribution in [-0.2, 0) is 11.2 Å². The smallest absolute Gasteiger partial charge is 0.194 e. The number of nitrogens with zero attached hydrogens (tertiary/aromatic N) is 2. The van der Waals surface area contributed by atoms with Gasteiger partial charge >= 0.3 is 0 Å². The molecule has 1 aliphatic carbocycles. The lowest BCUT2D eigenvalue weighted by Gasteiger charge is -2.33. The SMILES string of the molecule is CCOCC1CCN(C(=NCCc2ccco2)NC2CCCCC2C)C1.I. The minimum absolute atomic E-state index is 0. The maximum Gasteiger partial charge on any atom is 0.194 e. The Hall–Kier alpha value is -0.760. The summed E-state index contributed by atoms with van der Waals surface area (Å²) >= 11 is 0. The first-order valence-electron chi connectivity index (χ1n) is 10.4. The fourth-order valence-corrected chi connectivity index (χ4v) is 4.11. The summed E-state index contributed by atoms with van der Waals surface area (Å²) in [5, 5.41) is 3.81. The van der Waals surface area contributed by atoms with Crippen molar-refractivity contribution in [1.29, 1.82) is 0 Å². The summed E-state index contributed by atoms with van der Waals surface area (Å²) in [5.74, 6) is 3.45. The van der Waals surface area contributed by atoms with E-state index in [0.717, 1.165) is 56.9 Å². The predicted molar refractivity (Wildman–Crippen MR) is 121 cm³/mol. The summed E-state index contributed by atoms with van der Waals surface area (Å²) in [5.41, 5.74) is 0. The van der Waals surface area contributed by atoms with Crippen molar-refractivity contribution in [1.82, 2.24) is 10.2 Å². The fraction of sp³-hybridized carbons (Fsp3) is 0.762. The molecule has 3 unspecified atom stereocenters. The van der Waals surface area contributed by atoms with Gasteiger partial charge in [-0.05, 0) is 44.2 Å². The van der Waals surface area contributed by atoms with Crippen LogP contribution >= 0.6 is 24.0 Å². The predicted octanol–water partition coefficient (Wildman–Crippen LogP) is 4.32. The topological polar surface area (TPSA) is 50.0 Å². The Balaban J connectivity index is 0.00000261. The Morgan fingerprint density at radius 1 is 1.33 bits per heavy atom. The lowest BCUT2D eigenvalue weighted by atomic mass is 9.86. The van der Waals surface area contributed by atoms with Crippen molar-refractivity contribution in [3.05, 3.63) is 24.2 Å². The minimum Gasteiger partial charge on any atom is -0.469 e. The van der Waals surface area contributed by atoms with E-state index < -0.39 is 0 Å². The number of guanidine groups is 1. The van der Waals surface area contributed by atoms with Crippen LogP contribution in [0.25, 0.3) is 0 Å². The Kier molecular flexibility index (Phi) is 9.96. The first kappa shape index (κ1) is 22.5. The minimum atomic E-state index is 0. The average Bonchev–Trinajstić information content (AvgIpc) is 3.32. The summed E-state index contributed by atoms with van der Waals surface area (Å²) < 4.78 is 11.1. The van der Waals surface area contributed by atoms with E-state index in [4.69, 9.17) is 14.1 Å². The fourth-order valence-electron chi connectivity index (χ4n) is 4.11. The number of hydrogen-bond acceptors (Lipinski definition) is 3. The molecule has 0 radical (unpaired) electrons. The van der Waals surface area contributed by atoms with Crippen LogP contribution in [0.2, 0.25) is 0 Å². The molecule has 2 fully saturated rings. The van der Waals surface area contributed by atoms with E-state index in [1.54, 1.807) is 6.26 Å². The molecule has 2 aliphatic rings. The van der Waals surface area contributed by atoms with Gasteiger partial charge in [-0.2, -0.15) is 0 Å². The normalized spacial score (nSPS) is 26.1. The standard InChI is InChI=1S/C21H35N3O2.HI/c1-3-25-16-18-11-13-24(15-18)21(22-12-10-19-8-6-14-26-19)23-20-9-5-4-7-17(20)2;/h6,8,14,17-18,20H,3-5,7,9-13,15-16H2,1-2H3,(H,22,23);1H. The molecule has 154 valence electrons. The lowest BCUT2D eigenvalue weighted by Crippen LogP contribution is -2.48. The molecule has 27 heavy (non-hydrogen) atoms. The molecule has 6 heteroatoms. The monoisotopic (exact) mass is 489 g/mol. The number of rotatable bonds is 7. The van der Waals surface area contributed by atoms with Gasteiger partial charge in [-0.1, -0.05) is 19.8 Å². The van der Waals surface area contributed by atoms with Crippen LogP contribution in [0.15, 0.2) is 27.8 Å². The third-order valence-electron chi connectivity index (χ3n) is 5.77.